The summed E-state index contributed by atoms with van der Waals surface area (Å²) in [5.74, 6) is 0.0690. The van der Waals surface area contributed by atoms with Crippen molar-refractivity contribution in [2.24, 2.45) is 5.73 Å². The Bertz CT molecular complexity index is 1100. The number of H-pyrrole nitrogens is 2. The molecule has 0 spiro atoms. The van der Waals surface area contributed by atoms with Crippen LogP contribution in [-0.4, -0.2) is 31.4 Å². The Labute approximate surface area is 154 Å². The molecule has 6 N–H and O–H groups in total. The average Bonchev–Trinajstić information content (AvgIpc) is 3.27. The minimum Gasteiger partial charge on any atom is -0.508 e. The molecule has 1 amide bonds. The maximum Gasteiger partial charge on any atom is 0.254 e. The van der Waals surface area contributed by atoms with Gasteiger partial charge in [-0.1, -0.05) is 18.2 Å². The number of rotatable bonds is 6. The Balaban J connectivity index is 1.56. The van der Waals surface area contributed by atoms with Crippen molar-refractivity contribution in [3.63, 3.8) is 0 Å². The zero-order valence-corrected chi connectivity index (χ0v) is 14.4. The van der Waals surface area contributed by atoms with E-state index in [-0.39, 0.29) is 5.75 Å². The number of nitrogens with two attached hydrogens (primary N) is 1. The van der Waals surface area contributed by atoms with Crippen molar-refractivity contribution in [2.45, 2.75) is 13.0 Å². The van der Waals surface area contributed by atoms with Crippen LogP contribution in [-0.2, 0) is 13.0 Å². The molecule has 8 nitrogen and oxygen atoms in total. The van der Waals surface area contributed by atoms with E-state index < -0.39 is 5.91 Å². The molecule has 0 bridgehead atoms. The molecule has 0 aliphatic heterocycles. The van der Waals surface area contributed by atoms with E-state index in [1.807, 2.05) is 18.2 Å². The van der Waals surface area contributed by atoms with E-state index >= 15 is 0 Å². The summed E-state index contributed by atoms with van der Waals surface area (Å²) >= 11 is 0. The lowest BCUT2D eigenvalue weighted by Gasteiger charge is -2.06. The molecular weight excluding hydrogens is 344 g/mol. The van der Waals surface area contributed by atoms with E-state index in [4.69, 9.17) is 5.73 Å². The van der Waals surface area contributed by atoms with Gasteiger partial charge in [0.15, 0.2) is 5.82 Å². The fourth-order valence-electron chi connectivity index (χ4n) is 3.01. The Kier molecular flexibility index (Phi) is 4.21. The summed E-state index contributed by atoms with van der Waals surface area (Å²) in [6.45, 7) is 0.450. The summed E-state index contributed by atoms with van der Waals surface area (Å²) in [5.41, 5.74) is 9.50. The van der Waals surface area contributed by atoms with E-state index in [1.165, 1.54) is 0 Å². The van der Waals surface area contributed by atoms with Crippen LogP contribution in [0.5, 0.6) is 5.75 Å². The zero-order chi connectivity index (χ0) is 18.8. The number of carbonyl (C=O) groups is 1. The third-order valence-corrected chi connectivity index (χ3v) is 4.37. The molecule has 0 saturated carbocycles. The molecule has 2 heterocycles. The number of fused-ring (bicyclic) bond motifs is 1. The Morgan fingerprint density at radius 3 is 2.67 bits per heavy atom. The number of nitrogens with one attached hydrogen (secondary N) is 3. The number of aromatic hydroxyl groups is 1. The van der Waals surface area contributed by atoms with Gasteiger partial charge in [0.05, 0.1) is 17.4 Å². The first-order chi connectivity index (χ1) is 13.1. The fourth-order valence-corrected chi connectivity index (χ4v) is 3.01. The summed E-state index contributed by atoms with van der Waals surface area (Å²) in [5, 5.41) is 27.5. The number of phenolic OH excluding ortho intramolecular Hbond substituents is 1. The monoisotopic (exact) mass is 362 g/mol. The number of nitrogens with zero attached hydrogens (tertiary/aromatic N) is 2. The first-order valence-electron chi connectivity index (χ1n) is 8.41. The minimum absolute atomic E-state index is 0.202. The molecule has 0 radical (unpaired) electrons. The van der Waals surface area contributed by atoms with Crippen LogP contribution in [0.2, 0.25) is 0 Å². The smallest absolute Gasteiger partial charge is 0.254 e. The molecule has 0 aliphatic carbocycles. The predicted molar refractivity (Wildman–Crippen MR) is 101 cm³/mol. The van der Waals surface area contributed by atoms with Crippen molar-refractivity contribution in [1.82, 2.24) is 20.4 Å². The number of hydrogen-bond acceptors (Lipinski definition) is 5. The van der Waals surface area contributed by atoms with Crippen LogP contribution in [0.3, 0.4) is 0 Å². The third kappa shape index (κ3) is 3.45. The Morgan fingerprint density at radius 2 is 1.89 bits per heavy atom. The van der Waals surface area contributed by atoms with Crippen molar-refractivity contribution in [2.75, 3.05) is 5.32 Å². The van der Waals surface area contributed by atoms with Crippen LogP contribution in [0, 0.1) is 0 Å². The molecule has 0 unspecified atom stereocenters. The van der Waals surface area contributed by atoms with Gasteiger partial charge in [-0.15, -0.1) is 0 Å². The average molecular weight is 362 g/mol. The summed E-state index contributed by atoms with van der Waals surface area (Å²) in [6.07, 6.45) is 2.25. The highest BCUT2D eigenvalue weighted by atomic mass is 16.3. The van der Waals surface area contributed by atoms with Gasteiger partial charge in [0.25, 0.3) is 5.91 Å². The second-order valence-corrected chi connectivity index (χ2v) is 6.28. The lowest BCUT2D eigenvalue weighted by molar-refractivity contribution is 0.100. The van der Waals surface area contributed by atoms with Gasteiger partial charge in [0.2, 0.25) is 0 Å². The van der Waals surface area contributed by atoms with Crippen LogP contribution in [0.4, 0.5) is 5.82 Å². The standard InChI is InChI=1S/C19H18N6O2/c20-18(27)17-16(8-12-3-6-15-13(7-12)10-22-23-15)24-25-19(17)21-9-11-1-4-14(26)5-2-11/h1-7,10,26H,8-9H2,(H2,20,27)(H,22,23)(H2,21,24,25). The van der Waals surface area contributed by atoms with Crippen molar-refractivity contribution in [3.05, 3.63) is 71.0 Å². The third-order valence-electron chi connectivity index (χ3n) is 4.37. The first kappa shape index (κ1) is 16.6. The molecule has 2 aromatic heterocycles. The quantitative estimate of drug-likeness (QED) is 0.359. The molecule has 4 aromatic rings. The maximum absolute atomic E-state index is 12.0. The van der Waals surface area contributed by atoms with Crippen LogP contribution >= 0.6 is 0 Å². The van der Waals surface area contributed by atoms with Gasteiger partial charge in [-0.05, 0) is 35.4 Å². The highest BCUT2D eigenvalue weighted by Gasteiger charge is 2.18. The van der Waals surface area contributed by atoms with Crippen molar-refractivity contribution < 1.29 is 9.90 Å². The Hall–Kier alpha value is -3.81. The predicted octanol–water partition coefficient (Wildman–Crippen LogP) is 2.29. The van der Waals surface area contributed by atoms with Gasteiger partial charge < -0.3 is 16.2 Å². The van der Waals surface area contributed by atoms with Crippen molar-refractivity contribution in [1.29, 1.82) is 0 Å². The van der Waals surface area contributed by atoms with Gasteiger partial charge >= 0.3 is 0 Å². The van der Waals surface area contributed by atoms with E-state index in [1.54, 1.807) is 30.5 Å². The number of carbonyl (C=O) groups excluding carboxylic acids is 1. The number of phenols is 1. The van der Waals surface area contributed by atoms with E-state index in [0.717, 1.165) is 22.0 Å². The van der Waals surface area contributed by atoms with Gasteiger partial charge in [0.1, 0.15) is 11.3 Å². The van der Waals surface area contributed by atoms with E-state index in [2.05, 4.69) is 25.7 Å². The lowest BCUT2D eigenvalue weighted by Crippen LogP contribution is -2.15. The normalized spacial score (nSPS) is 11.0. The maximum atomic E-state index is 12.0. The molecule has 136 valence electrons. The topological polar surface area (TPSA) is 133 Å². The Morgan fingerprint density at radius 1 is 1.11 bits per heavy atom. The highest BCUT2D eigenvalue weighted by molar-refractivity contribution is 5.99. The molecular formula is C19H18N6O2. The molecule has 8 heteroatoms. The zero-order valence-electron chi connectivity index (χ0n) is 14.4. The largest absolute Gasteiger partial charge is 0.508 e. The highest BCUT2D eigenvalue weighted by Crippen LogP contribution is 2.22. The second-order valence-electron chi connectivity index (χ2n) is 6.28. The molecule has 27 heavy (non-hydrogen) atoms. The molecule has 0 fully saturated rings. The number of primary amides is 1. The van der Waals surface area contributed by atoms with Crippen molar-refractivity contribution >= 4 is 22.6 Å². The lowest BCUT2D eigenvalue weighted by atomic mass is 10.0. The van der Waals surface area contributed by atoms with Gasteiger partial charge in [-0.2, -0.15) is 10.2 Å². The number of amides is 1. The van der Waals surface area contributed by atoms with Crippen LogP contribution in [0.25, 0.3) is 10.9 Å². The number of hydrogen-bond donors (Lipinski definition) is 5. The number of benzene rings is 2. The summed E-state index contributed by atoms with van der Waals surface area (Å²) < 4.78 is 0. The minimum atomic E-state index is -0.545. The first-order valence-corrected chi connectivity index (χ1v) is 8.41. The van der Waals surface area contributed by atoms with Crippen LogP contribution in [0.1, 0.15) is 27.2 Å². The summed E-state index contributed by atoms with van der Waals surface area (Å²) in [6, 6.07) is 12.7. The SMILES string of the molecule is NC(=O)c1c(NCc2ccc(O)cc2)n[nH]c1Cc1ccc2[nH]ncc2c1. The van der Waals surface area contributed by atoms with Gasteiger partial charge in [-0.25, -0.2) is 0 Å². The van der Waals surface area contributed by atoms with E-state index in [0.29, 0.717) is 30.0 Å². The molecule has 0 aliphatic rings. The van der Waals surface area contributed by atoms with Crippen LogP contribution in [0.15, 0.2) is 48.7 Å². The van der Waals surface area contributed by atoms with Gasteiger partial charge in [-0.3, -0.25) is 15.0 Å². The number of aromatic nitrogens is 4. The molecule has 0 atom stereocenters. The fraction of sp³-hybridized carbons (Fsp3) is 0.105. The summed E-state index contributed by atoms with van der Waals surface area (Å²) in [7, 11) is 0. The summed E-state index contributed by atoms with van der Waals surface area (Å²) in [4.78, 5) is 12.0. The molecule has 4 rings (SSSR count). The van der Waals surface area contributed by atoms with Crippen LogP contribution < -0.4 is 11.1 Å². The van der Waals surface area contributed by atoms with Crippen molar-refractivity contribution in [3.8, 4) is 5.75 Å². The number of anilines is 1. The molecule has 2 aromatic carbocycles. The molecule has 0 saturated heterocycles. The number of aromatic amines is 2. The van der Waals surface area contributed by atoms with E-state index in [9.17, 15) is 9.90 Å². The van der Waals surface area contributed by atoms with Gasteiger partial charge in [0, 0.05) is 18.4 Å². The second kappa shape index (κ2) is 6.83.